The predicted molar refractivity (Wildman–Crippen MR) is 100 cm³/mol. The summed E-state index contributed by atoms with van der Waals surface area (Å²) in [4.78, 5) is 38.6. The Morgan fingerprint density at radius 3 is 2.46 bits per heavy atom. The number of ether oxygens (including phenoxy) is 1. The van der Waals surface area contributed by atoms with Crippen molar-refractivity contribution in [2.75, 3.05) is 19.0 Å². The molecule has 1 heterocycles. The van der Waals surface area contributed by atoms with Crippen LogP contribution < -0.4 is 15.4 Å². The number of rotatable bonds is 6. The van der Waals surface area contributed by atoms with Crippen molar-refractivity contribution in [2.24, 2.45) is 0 Å². The molecule has 1 fully saturated rings. The van der Waals surface area contributed by atoms with Crippen molar-refractivity contribution in [2.45, 2.75) is 18.9 Å². The van der Waals surface area contributed by atoms with Crippen LogP contribution in [0.4, 0.5) is 14.9 Å². The van der Waals surface area contributed by atoms with Crippen molar-refractivity contribution in [3.8, 4) is 5.75 Å². The number of methoxy groups -OCH3 is 1. The SMILES string of the molecule is CC[C@@]1(c2ccc(OC)cc2)NC(=O)N(CC(=O)Nc2ccccc2F)C1=O. The molecule has 0 aliphatic carbocycles. The van der Waals surface area contributed by atoms with E-state index in [4.69, 9.17) is 4.74 Å². The Hall–Kier alpha value is -3.42. The van der Waals surface area contributed by atoms with E-state index in [1.54, 1.807) is 37.3 Å². The number of hydrogen-bond donors (Lipinski definition) is 2. The number of nitrogens with one attached hydrogen (secondary N) is 2. The van der Waals surface area contributed by atoms with Crippen LogP contribution in [0.3, 0.4) is 0 Å². The van der Waals surface area contributed by atoms with Crippen molar-refractivity contribution in [1.82, 2.24) is 10.2 Å². The fourth-order valence-electron chi connectivity index (χ4n) is 3.18. The minimum Gasteiger partial charge on any atom is -0.497 e. The van der Waals surface area contributed by atoms with Crippen molar-refractivity contribution in [1.29, 1.82) is 0 Å². The third kappa shape index (κ3) is 3.40. The number of nitrogens with zero attached hydrogens (tertiary/aromatic N) is 1. The van der Waals surface area contributed by atoms with Gasteiger partial charge in [0, 0.05) is 0 Å². The molecule has 0 radical (unpaired) electrons. The van der Waals surface area contributed by atoms with Crippen LogP contribution in [0.25, 0.3) is 0 Å². The molecular formula is C20H20FN3O4. The van der Waals surface area contributed by atoms with Crippen LogP contribution in [-0.2, 0) is 15.1 Å². The smallest absolute Gasteiger partial charge is 0.325 e. The molecule has 0 bridgehead atoms. The van der Waals surface area contributed by atoms with Crippen LogP contribution in [-0.4, -0.2) is 36.4 Å². The molecule has 1 aliphatic heterocycles. The van der Waals surface area contributed by atoms with E-state index >= 15 is 0 Å². The van der Waals surface area contributed by atoms with Gasteiger partial charge >= 0.3 is 6.03 Å². The number of amides is 4. The Morgan fingerprint density at radius 2 is 1.86 bits per heavy atom. The number of para-hydroxylation sites is 1. The topological polar surface area (TPSA) is 87.7 Å². The molecule has 2 N–H and O–H groups in total. The fourth-order valence-corrected chi connectivity index (χ4v) is 3.18. The largest absolute Gasteiger partial charge is 0.497 e. The van der Waals surface area contributed by atoms with Crippen LogP contribution in [0.1, 0.15) is 18.9 Å². The predicted octanol–water partition coefficient (Wildman–Crippen LogP) is 2.63. The van der Waals surface area contributed by atoms with E-state index in [0.29, 0.717) is 17.7 Å². The molecule has 28 heavy (non-hydrogen) atoms. The molecule has 146 valence electrons. The number of imide groups is 1. The molecule has 7 nitrogen and oxygen atoms in total. The molecule has 1 atom stereocenters. The van der Waals surface area contributed by atoms with Gasteiger partial charge in [0.05, 0.1) is 12.8 Å². The zero-order valence-electron chi connectivity index (χ0n) is 15.5. The first-order valence-corrected chi connectivity index (χ1v) is 8.74. The summed E-state index contributed by atoms with van der Waals surface area (Å²) in [5.41, 5.74) is -0.690. The molecule has 1 saturated heterocycles. The van der Waals surface area contributed by atoms with E-state index in [1.165, 1.54) is 25.3 Å². The molecule has 0 aromatic heterocycles. The molecular weight excluding hydrogens is 365 g/mol. The van der Waals surface area contributed by atoms with Gasteiger partial charge in [-0.05, 0) is 36.2 Å². The summed E-state index contributed by atoms with van der Waals surface area (Å²) < 4.78 is 18.8. The lowest BCUT2D eigenvalue weighted by Gasteiger charge is -2.26. The maximum Gasteiger partial charge on any atom is 0.325 e. The normalized spacial score (nSPS) is 18.8. The number of urea groups is 1. The van der Waals surface area contributed by atoms with Crippen LogP contribution >= 0.6 is 0 Å². The van der Waals surface area contributed by atoms with E-state index in [2.05, 4.69) is 10.6 Å². The van der Waals surface area contributed by atoms with Gasteiger partial charge < -0.3 is 15.4 Å². The Labute approximate surface area is 161 Å². The van der Waals surface area contributed by atoms with Crippen LogP contribution in [0, 0.1) is 5.82 Å². The zero-order valence-corrected chi connectivity index (χ0v) is 15.5. The number of benzene rings is 2. The highest BCUT2D eigenvalue weighted by atomic mass is 19.1. The average Bonchev–Trinajstić information content (AvgIpc) is 2.95. The molecule has 8 heteroatoms. The molecule has 2 aromatic rings. The summed E-state index contributed by atoms with van der Waals surface area (Å²) in [5, 5.41) is 5.07. The van der Waals surface area contributed by atoms with E-state index in [-0.39, 0.29) is 5.69 Å². The monoisotopic (exact) mass is 385 g/mol. The standard InChI is InChI=1S/C20H20FN3O4/c1-3-20(13-8-10-14(28-2)11-9-13)18(26)24(19(27)23-20)12-17(25)22-16-7-5-4-6-15(16)21/h4-11H,3,12H2,1-2H3,(H,22,25)(H,23,27)/t20-/m0/s1. The van der Waals surface area contributed by atoms with Gasteiger partial charge in [-0.3, -0.25) is 14.5 Å². The van der Waals surface area contributed by atoms with Gasteiger partial charge in [0.1, 0.15) is 23.7 Å². The number of carbonyl (C=O) groups excluding carboxylic acids is 3. The van der Waals surface area contributed by atoms with E-state index in [0.717, 1.165) is 4.90 Å². The minimum absolute atomic E-state index is 0.0172. The lowest BCUT2D eigenvalue weighted by atomic mass is 9.87. The molecule has 3 rings (SSSR count). The lowest BCUT2D eigenvalue weighted by Crippen LogP contribution is -2.44. The van der Waals surface area contributed by atoms with Crippen molar-refractivity contribution >= 4 is 23.5 Å². The van der Waals surface area contributed by atoms with Gasteiger partial charge in [0.2, 0.25) is 5.91 Å². The maximum atomic E-state index is 13.7. The second-order valence-electron chi connectivity index (χ2n) is 6.34. The Morgan fingerprint density at radius 1 is 1.18 bits per heavy atom. The van der Waals surface area contributed by atoms with Crippen molar-refractivity contribution in [3.05, 3.63) is 59.9 Å². The summed E-state index contributed by atoms with van der Waals surface area (Å²) in [5.74, 6) is -1.19. The summed E-state index contributed by atoms with van der Waals surface area (Å²) in [6.07, 6.45) is 0.301. The third-order valence-corrected chi connectivity index (χ3v) is 4.74. The first kappa shape index (κ1) is 19.3. The highest BCUT2D eigenvalue weighted by Gasteiger charge is 2.51. The molecule has 2 aromatic carbocycles. The summed E-state index contributed by atoms with van der Waals surface area (Å²) in [7, 11) is 1.53. The van der Waals surface area contributed by atoms with Gasteiger partial charge in [0.25, 0.3) is 5.91 Å². The van der Waals surface area contributed by atoms with Crippen LogP contribution in [0.2, 0.25) is 0 Å². The van der Waals surface area contributed by atoms with Crippen molar-refractivity contribution < 1.29 is 23.5 Å². The van der Waals surface area contributed by atoms with Crippen LogP contribution in [0.15, 0.2) is 48.5 Å². The summed E-state index contributed by atoms with van der Waals surface area (Å²) in [6, 6.07) is 11.8. The van der Waals surface area contributed by atoms with Gasteiger partial charge in [-0.25, -0.2) is 9.18 Å². The first-order valence-electron chi connectivity index (χ1n) is 8.74. The Bertz CT molecular complexity index is 916. The van der Waals surface area contributed by atoms with Crippen LogP contribution in [0.5, 0.6) is 5.75 Å². The van der Waals surface area contributed by atoms with Gasteiger partial charge in [-0.15, -0.1) is 0 Å². The first-order chi connectivity index (χ1) is 13.4. The minimum atomic E-state index is -1.26. The molecule has 0 unspecified atom stereocenters. The summed E-state index contributed by atoms with van der Waals surface area (Å²) >= 11 is 0. The quantitative estimate of drug-likeness (QED) is 0.749. The highest BCUT2D eigenvalue weighted by molar-refractivity contribution is 6.10. The second kappa shape index (κ2) is 7.67. The number of carbonyl (C=O) groups is 3. The number of anilines is 1. The number of halogens is 1. The summed E-state index contributed by atoms with van der Waals surface area (Å²) in [6.45, 7) is 1.25. The zero-order chi connectivity index (χ0) is 20.3. The maximum absolute atomic E-state index is 13.7. The Kier molecular flexibility index (Phi) is 5.30. The van der Waals surface area contributed by atoms with E-state index in [9.17, 15) is 18.8 Å². The highest BCUT2D eigenvalue weighted by Crippen LogP contribution is 2.33. The third-order valence-electron chi connectivity index (χ3n) is 4.74. The van der Waals surface area contributed by atoms with Gasteiger partial charge in [0.15, 0.2) is 0 Å². The molecule has 4 amide bonds. The van der Waals surface area contributed by atoms with Gasteiger partial charge in [-0.1, -0.05) is 31.2 Å². The molecule has 0 spiro atoms. The molecule has 1 aliphatic rings. The molecule has 0 saturated carbocycles. The second-order valence-corrected chi connectivity index (χ2v) is 6.34. The van der Waals surface area contributed by atoms with E-state index in [1.807, 2.05) is 0 Å². The fraction of sp³-hybridized carbons (Fsp3) is 0.250. The lowest BCUT2D eigenvalue weighted by molar-refractivity contribution is -0.134. The van der Waals surface area contributed by atoms with Gasteiger partial charge in [-0.2, -0.15) is 0 Å². The number of hydrogen-bond acceptors (Lipinski definition) is 4. The van der Waals surface area contributed by atoms with E-state index < -0.39 is 35.7 Å². The Balaban J connectivity index is 1.79. The van der Waals surface area contributed by atoms with Crippen molar-refractivity contribution in [3.63, 3.8) is 0 Å². The average molecular weight is 385 g/mol.